The van der Waals surface area contributed by atoms with Crippen LogP contribution in [0, 0.1) is 11.6 Å². The summed E-state index contributed by atoms with van der Waals surface area (Å²) in [5, 5.41) is 9.12. The van der Waals surface area contributed by atoms with E-state index < -0.39 is 11.6 Å². The highest BCUT2D eigenvalue weighted by atomic mass is 79.9. The summed E-state index contributed by atoms with van der Waals surface area (Å²) < 4.78 is 31.8. The first-order valence-electron chi connectivity index (χ1n) is 5.12. The Balaban J connectivity index is 2.33. The van der Waals surface area contributed by atoms with Gasteiger partial charge in [0.05, 0.1) is 11.1 Å². The van der Waals surface area contributed by atoms with Gasteiger partial charge in [-0.05, 0) is 52.3 Å². The molecule has 0 spiro atoms. The molecule has 0 unspecified atom stereocenters. The Bertz CT molecular complexity index is 573. The lowest BCUT2D eigenvalue weighted by atomic mass is 10.2. The van der Waals surface area contributed by atoms with Crippen LogP contribution < -0.4 is 4.74 Å². The Morgan fingerprint density at radius 3 is 2.22 bits per heavy atom. The molecular formula is C13H9BrF2O2. The number of rotatable bonds is 3. The van der Waals surface area contributed by atoms with Crippen LogP contribution in [0.1, 0.15) is 5.56 Å². The minimum absolute atomic E-state index is 0.325. The van der Waals surface area contributed by atoms with E-state index in [4.69, 9.17) is 9.84 Å². The molecule has 0 aliphatic rings. The number of benzene rings is 2. The highest BCUT2D eigenvalue weighted by Crippen LogP contribution is 2.32. The van der Waals surface area contributed by atoms with Crippen LogP contribution in [0.2, 0.25) is 0 Å². The molecule has 94 valence electrons. The topological polar surface area (TPSA) is 29.5 Å². The molecule has 0 saturated carbocycles. The summed E-state index contributed by atoms with van der Waals surface area (Å²) in [5.74, 6) is -0.135. The predicted octanol–water partition coefficient (Wildman–Crippen LogP) is 4.01. The fourth-order valence-electron chi connectivity index (χ4n) is 1.45. The van der Waals surface area contributed by atoms with E-state index in [2.05, 4.69) is 15.9 Å². The summed E-state index contributed by atoms with van der Waals surface area (Å²) >= 11 is 3.16. The Kier molecular flexibility index (Phi) is 3.93. The van der Waals surface area contributed by atoms with E-state index in [1.165, 1.54) is 36.4 Å². The van der Waals surface area contributed by atoms with Crippen molar-refractivity contribution in [2.75, 3.05) is 0 Å². The molecule has 0 heterocycles. The van der Waals surface area contributed by atoms with Gasteiger partial charge < -0.3 is 9.84 Å². The normalized spacial score (nSPS) is 10.4. The lowest BCUT2D eigenvalue weighted by Gasteiger charge is -2.11. The van der Waals surface area contributed by atoms with Gasteiger partial charge in [0.25, 0.3) is 0 Å². The Hall–Kier alpha value is -1.46. The molecule has 0 saturated heterocycles. The summed E-state index contributed by atoms with van der Waals surface area (Å²) in [6.45, 7) is -0.341. The molecule has 0 aromatic heterocycles. The van der Waals surface area contributed by atoms with E-state index in [0.29, 0.717) is 21.5 Å². The first kappa shape index (κ1) is 13.0. The second-order valence-electron chi connectivity index (χ2n) is 3.59. The maximum absolute atomic E-state index is 13.0. The largest absolute Gasteiger partial charge is 0.456 e. The summed E-state index contributed by atoms with van der Waals surface area (Å²) in [6.07, 6.45) is 0. The highest BCUT2D eigenvalue weighted by Gasteiger charge is 2.08. The number of ether oxygens (including phenoxy) is 1. The molecule has 18 heavy (non-hydrogen) atoms. The molecule has 1 N–H and O–H groups in total. The van der Waals surface area contributed by atoms with Crippen molar-refractivity contribution < 1.29 is 18.6 Å². The van der Waals surface area contributed by atoms with Crippen molar-refractivity contribution in [1.29, 1.82) is 0 Å². The van der Waals surface area contributed by atoms with Gasteiger partial charge in [0.1, 0.15) is 23.1 Å². The van der Waals surface area contributed by atoms with Crippen LogP contribution >= 0.6 is 15.9 Å². The molecule has 2 aromatic carbocycles. The predicted molar refractivity (Wildman–Crippen MR) is 66.5 cm³/mol. The first-order valence-corrected chi connectivity index (χ1v) is 5.91. The Morgan fingerprint density at radius 2 is 1.61 bits per heavy atom. The van der Waals surface area contributed by atoms with E-state index in [-0.39, 0.29) is 6.61 Å². The van der Waals surface area contributed by atoms with Gasteiger partial charge in [-0.1, -0.05) is 0 Å². The fourth-order valence-corrected chi connectivity index (χ4v) is 1.88. The van der Waals surface area contributed by atoms with E-state index in [1.807, 2.05) is 0 Å². The number of hydrogen-bond acceptors (Lipinski definition) is 2. The van der Waals surface area contributed by atoms with Crippen molar-refractivity contribution in [2.24, 2.45) is 0 Å². The molecular weight excluding hydrogens is 306 g/mol. The molecule has 0 bridgehead atoms. The average Bonchev–Trinajstić information content (AvgIpc) is 2.34. The standard InChI is InChI=1S/C13H9BrF2O2/c14-11-6-10(16)2-4-13(11)18-12-3-1-9(15)5-8(12)7-17/h1-6,17H,7H2. The van der Waals surface area contributed by atoms with Crippen LogP contribution in [0.15, 0.2) is 40.9 Å². The van der Waals surface area contributed by atoms with Gasteiger partial charge >= 0.3 is 0 Å². The Labute approximate surface area is 111 Å². The second-order valence-corrected chi connectivity index (χ2v) is 4.44. The highest BCUT2D eigenvalue weighted by molar-refractivity contribution is 9.10. The SMILES string of the molecule is OCc1cc(F)ccc1Oc1ccc(F)cc1Br. The van der Waals surface area contributed by atoms with Crippen molar-refractivity contribution in [2.45, 2.75) is 6.61 Å². The van der Waals surface area contributed by atoms with Crippen LogP contribution in [0.5, 0.6) is 11.5 Å². The minimum Gasteiger partial charge on any atom is -0.456 e. The quantitative estimate of drug-likeness (QED) is 0.927. The minimum atomic E-state index is -0.454. The van der Waals surface area contributed by atoms with Crippen LogP contribution in [0.3, 0.4) is 0 Å². The van der Waals surface area contributed by atoms with Gasteiger partial charge in [-0.2, -0.15) is 0 Å². The van der Waals surface area contributed by atoms with Crippen molar-refractivity contribution >= 4 is 15.9 Å². The van der Waals surface area contributed by atoms with Crippen molar-refractivity contribution in [3.63, 3.8) is 0 Å². The van der Waals surface area contributed by atoms with Gasteiger partial charge in [0, 0.05) is 5.56 Å². The zero-order valence-corrected chi connectivity index (χ0v) is 10.7. The maximum Gasteiger partial charge on any atom is 0.141 e. The molecule has 0 fully saturated rings. The summed E-state index contributed by atoms with van der Waals surface area (Å²) in [4.78, 5) is 0. The van der Waals surface area contributed by atoms with Crippen LogP contribution in [0.4, 0.5) is 8.78 Å². The van der Waals surface area contributed by atoms with E-state index in [1.54, 1.807) is 0 Å². The number of aliphatic hydroxyl groups is 1. The molecule has 2 rings (SSSR count). The number of hydrogen-bond donors (Lipinski definition) is 1. The molecule has 0 aliphatic carbocycles. The van der Waals surface area contributed by atoms with E-state index in [0.717, 1.165) is 0 Å². The third kappa shape index (κ3) is 2.86. The van der Waals surface area contributed by atoms with Gasteiger partial charge in [-0.25, -0.2) is 8.78 Å². The lowest BCUT2D eigenvalue weighted by Crippen LogP contribution is -1.93. The maximum atomic E-state index is 13.0. The van der Waals surface area contributed by atoms with E-state index in [9.17, 15) is 8.78 Å². The van der Waals surface area contributed by atoms with Gasteiger partial charge in [0.15, 0.2) is 0 Å². The van der Waals surface area contributed by atoms with Gasteiger partial charge in [-0.15, -0.1) is 0 Å². The third-order valence-corrected chi connectivity index (χ3v) is 2.93. The summed E-state index contributed by atoms with van der Waals surface area (Å²) in [7, 11) is 0. The van der Waals surface area contributed by atoms with Crippen molar-refractivity contribution in [3.8, 4) is 11.5 Å². The average molecular weight is 315 g/mol. The molecule has 0 amide bonds. The summed E-state index contributed by atoms with van der Waals surface area (Å²) in [5.41, 5.74) is 0.325. The lowest BCUT2D eigenvalue weighted by molar-refractivity contribution is 0.275. The molecule has 2 aromatic rings. The first-order chi connectivity index (χ1) is 8.60. The molecule has 0 aliphatic heterocycles. The van der Waals surface area contributed by atoms with E-state index >= 15 is 0 Å². The Morgan fingerprint density at radius 1 is 1.00 bits per heavy atom. The fraction of sp³-hybridized carbons (Fsp3) is 0.0769. The monoisotopic (exact) mass is 314 g/mol. The smallest absolute Gasteiger partial charge is 0.141 e. The summed E-state index contributed by atoms with van der Waals surface area (Å²) in [6, 6.07) is 7.79. The van der Waals surface area contributed by atoms with Crippen LogP contribution in [-0.2, 0) is 6.61 Å². The molecule has 2 nitrogen and oxygen atoms in total. The molecule has 0 radical (unpaired) electrons. The second kappa shape index (κ2) is 5.46. The van der Waals surface area contributed by atoms with Gasteiger partial charge in [0.2, 0.25) is 0 Å². The number of aliphatic hydroxyl groups excluding tert-OH is 1. The molecule has 5 heteroatoms. The van der Waals surface area contributed by atoms with Crippen LogP contribution in [0.25, 0.3) is 0 Å². The zero-order valence-electron chi connectivity index (χ0n) is 9.16. The molecule has 0 atom stereocenters. The van der Waals surface area contributed by atoms with Crippen molar-refractivity contribution in [3.05, 3.63) is 58.1 Å². The third-order valence-electron chi connectivity index (χ3n) is 2.31. The number of halogens is 3. The van der Waals surface area contributed by atoms with Crippen LogP contribution in [-0.4, -0.2) is 5.11 Å². The zero-order chi connectivity index (χ0) is 13.1. The van der Waals surface area contributed by atoms with Gasteiger partial charge in [-0.3, -0.25) is 0 Å². The van der Waals surface area contributed by atoms with Crippen molar-refractivity contribution in [1.82, 2.24) is 0 Å².